The highest BCUT2D eigenvalue weighted by Gasteiger charge is 2.27. The zero-order valence-corrected chi connectivity index (χ0v) is 11.1. The zero-order chi connectivity index (χ0) is 14.1. The van der Waals surface area contributed by atoms with E-state index >= 15 is 0 Å². The first kappa shape index (κ1) is 12.7. The monoisotopic (exact) mass is 273 g/mol. The van der Waals surface area contributed by atoms with Crippen LogP contribution in [0.1, 0.15) is 24.0 Å². The number of benzene rings is 1. The van der Waals surface area contributed by atoms with Gasteiger partial charge in [-0.05, 0) is 31.9 Å². The van der Waals surface area contributed by atoms with Gasteiger partial charge in [-0.3, -0.25) is 9.59 Å². The quantitative estimate of drug-likeness (QED) is 0.801. The lowest BCUT2D eigenvalue weighted by atomic mass is 10.1. The molecule has 1 aromatic carbocycles. The molecule has 1 aliphatic carbocycles. The van der Waals surface area contributed by atoms with Gasteiger partial charge in [0, 0.05) is 11.6 Å². The second-order valence-electron chi connectivity index (χ2n) is 5.06. The number of aryl methyl sites for hydroxylation is 1. The Labute approximate surface area is 116 Å². The number of anilines is 1. The third kappa shape index (κ3) is 2.64. The first-order valence-corrected chi connectivity index (χ1v) is 6.55. The minimum Gasteiger partial charge on any atom is -0.385 e. The fraction of sp³-hybridized carbons (Fsp3) is 0.357. The fourth-order valence-electron chi connectivity index (χ4n) is 2.01. The molecule has 6 nitrogen and oxygen atoms in total. The maximum Gasteiger partial charge on any atom is 0.278 e. The number of rotatable bonds is 4. The van der Waals surface area contributed by atoms with Crippen molar-refractivity contribution in [2.24, 2.45) is 5.16 Å². The van der Waals surface area contributed by atoms with Crippen molar-refractivity contribution >= 4 is 23.2 Å². The number of oxime groups is 1. The highest BCUT2D eigenvalue weighted by atomic mass is 16.6. The molecule has 2 amide bonds. The summed E-state index contributed by atoms with van der Waals surface area (Å²) in [5.41, 5.74) is 2.66. The lowest BCUT2D eigenvalue weighted by Crippen LogP contribution is -2.29. The van der Waals surface area contributed by atoms with Crippen molar-refractivity contribution in [3.63, 3.8) is 0 Å². The number of hydrogen-bond donors (Lipinski definition) is 2. The van der Waals surface area contributed by atoms with Crippen LogP contribution >= 0.6 is 0 Å². The van der Waals surface area contributed by atoms with Crippen LogP contribution in [0.4, 0.5) is 5.69 Å². The third-order valence-corrected chi connectivity index (χ3v) is 3.19. The van der Waals surface area contributed by atoms with Gasteiger partial charge in [0.2, 0.25) is 0 Å². The van der Waals surface area contributed by atoms with E-state index in [0.29, 0.717) is 11.3 Å². The van der Waals surface area contributed by atoms with E-state index in [9.17, 15) is 9.59 Å². The maximum atomic E-state index is 11.8. The van der Waals surface area contributed by atoms with E-state index in [1.165, 1.54) is 0 Å². The van der Waals surface area contributed by atoms with Crippen LogP contribution in [0.15, 0.2) is 23.4 Å². The first-order chi connectivity index (χ1) is 9.63. The molecule has 2 aliphatic rings. The van der Waals surface area contributed by atoms with Crippen LogP contribution in [0.25, 0.3) is 0 Å². The van der Waals surface area contributed by atoms with Crippen LogP contribution < -0.4 is 10.6 Å². The van der Waals surface area contributed by atoms with Crippen LogP contribution in [-0.4, -0.2) is 30.2 Å². The summed E-state index contributed by atoms with van der Waals surface area (Å²) in [4.78, 5) is 28.2. The minimum absolute atomic E-state index is 0.172. The summed E-state index contributed by atoms with van der Waals surface area (Å²) < 4.78 is 0. The van der Waals surface area contributed by atoms with Crippen LogP contribution in [0.5, 0.6) is 0 Å². The molecule has 0 unspecified atom stereocenters. The molecule has 0 radical (unpaired) electrons. The van der Waals surface area contributed by atoms with Gasteiger partial charge >= 0.3 is 0 Å². The molecule has 0 bridgehead atoms. The molecule has 1 heterocycles. The molecular weight excluding hydrogens is 258 g/mol. The van der Waals surface area contributed by atoms with Gasteiger partial charge in [0.1, 0.15) is 0 Å². The molecule has 20 heavy (non-hydrogen) atoms. The predicted molar refractivity (Wildman–Crippen MR) is 73.5 cm³/mol. The van der Waals surface area contributed by atoms with Gasteiger partial charge in [0.25, 0.3) is 11.8 Å². The summed E-state index contributed by atoms with van der Waals surface area (Å²) in [5.74, 6) is -0.520. The lowest BCUT2D eigenvalue weighted by molar-refractivity contribution is -0.126. The van der Waals surface area contributed by atoms with Crippen LogP contribution in [0, 0.1) is 6.92 Å². The Balaban J connectivity index is 1.67. The molecule has 0 saturated heterocycles. The van der Waals surface area contributed by atoms with E-state index in [-0.39, 0.29) is 30.2 Å². The van der Waals surface area contributed by atoms with Crippen LogP contribution in [0.2, 0.25) is 0 Å². The SMILES string of the molecule is Cc1ccc2c(c1)/C(=N\OCC(=O)NC1CC1)C(=O)N2. The number of nitrogens with zero attached hydrogens (tertiary/aromatic N) is 1. The lowest BCUT2D eigenvalue weighted by Gasteiger charge is -2.02. The topological polar surface area (TPSA) is 79.8 Å². The number of carbonyl (C=O) groups excluding carboxylic acids is 2. The second kappa shape index (κ2) is 4.96. The number of hydrogen-bond acceptors (Lipinski definition) is 4. The van der Waals surface area contributed by atoms with Crippen molar-refractivity contribution in [2.75, 3.05) is 11.9 Å². The fourth-order valence-corrected chi connectivity index (χ4v) is 2.01. The average Bonchev–Trinajstić information content (AvgIpc) is 3.15. The van der Waals surface area contributed by atoms with Crippen molar-refractivity contribution in [3.8, 4) is 0 Å². The van der Waals surface area contributed by atoms with Crippen molar-refractivity contribution in [3.05, 3.63) is 29.3 Å². The van der Waals surface area contributed by atoms with Gasteiger partial charge in [-0.25, -0.2) is 0 Å². The Bertz CT molecular complexity index is 606. The molecule has 3 rings (SSSR count). The van der Waals surface area contributed by atoms with Crippen molar-refractivity contribution < 1.29 is 14.4 Å². The molecule has 1 aliphatic heterocycles. The molecule has 1 aromatic rings. The highest BCUT2D eigenvalue weighted by Crippen LogP contribution is 2.24. The zero-order valence-electron chi connectivity index (χ0n) is 11.1. The Morgan fingerprint density at radius 1 is 1.50 bits per heavy atom. The first-order valence-electron chi connectivity index (χ1n) is 6.55. The predicted octanol–water partition coefficient (Wildman–Crippen LogP) is 0.946. The van der Waals surface area contributed by atoms with Crippen molar-refractivity contribution in [1.82, 2.24) is 5.32 Å². The molecule has 2 N–H and O–H groups in total. The van der Waals surface area contributed by atoms with E-state index in [4.69, 9.17) is 4.84 Å². The van der Waals surface area contributed by atoms with Gasteiger partial charge in [-0.15, -0.1) is 0 Å². The van der Waals surface area contributed by atoms with E-state index in [2.05, 4.69) is 15.8 Å². The molecule has 1 saturated carbocycles. The molecule has 6 heteroatoms. The Morgan fingerprint density at radius 3 is 3.05 bits per heavy atom. The van der Waals surface area contributed by atoms with Crippen molar-refractivity contribution in [2.45, 2.75) is 25.8 Å². The molecule has 1 fully saturated rings. The number of amides is 2. The Morgan fingerprint density at radius 2 is 2.30 bits per heavy atom. The molecule has 0 atom stereocenters. The van der Waals surface area contributed by atoms with Crippen LogP contribution in [-0.2, 0) is 14.4 Å². The third-order valence-electron chi connectivity index (χ3n) is 3.19. The van der Waals surface area contributed by atoms with Gasteiger partial charge in [-0.1, -0.05) is 16.8 Å². The molecule has 104 valence electrons. The smallest absolute Gasteiger partial charge is 0.278 e. The number of carbonyl (C=O) groups is 2. The summed E-state index contributed by atoms with van der Waals surface area (Å²) >= 11 is 0. The van der Waals surface area contributed by atoms with Gasteiger partial charge in [0.05, 0.1) is 5.69 Å². The highest BCUT2D eigenvalue weighted by molar-refractivity contribution is 6.53. The Hall–Kier alpha value is -2.37. The largest absolute Gasteiger partial charge is 0.385 e. The molecule has 0 spiro atoms. The van der Waals surface area contributed by atoms with E-state index < -0.39 is 0 Å². The summed E-state index contributed by atoms with van der Waals surface area (Å²) in [6, 6.07) is 5.88. The van der Waals surface area contributed by atoms with E-state index in [1.54, 1.807) is 0 Å². The summed E-state index contributed by atoms with van der Waals surface area (Å²) in [6.45, 7) is 1.76. The normalized spacial score (nSPS) is 18.6. The number of fused-ring (bicyclic) bond motifs is 1. The van der Waals surface area contributed by atoms with Crippen molar-refractivity contribution in [1.29, 1.82) is 0 Å². The standard InChI is InChI=1S/C14H15N3O3/c1-8-2-5-11-10(6-8)13(14(19)16-11)17-20-7-12(18)15-9-3-4-9/h2,5-6,9H,3-4,7H2,1H3,(H,15,18)(H,16,17,19). The summed E-state index contributed by atoms with van der Waals surface area (Å²) in [7, 11) is 0. The maximum absolute atomic E-state index is 11.8. The average molecular weight is 273 g/mol. The molecular formula is C14H15N3O3. The van der Waals surface area contributed by atoms with Gasteiger partial charge < -0.3 is 15.5 Å². The summed E-state index contributed by atoms with van der Waals surface area (Å²) in [5, 5.41) is 9.29. The van der Waals surface area contributed by atoms with E-state index in [1.807, 2.05) is 25.1 Å². The van der Waals surface area contributed by atoms with Crippen LogP contribution in [0.3, 0.4) is 0 Å². The molecule has 0 aromatic heterocycles. The summed E-state index contributed by atoms with van der Waals surface area (Å²) in [6.07, 6.45) is 2.05. The van der Waals surface area contributed by atoms with Gasteiger partial charge in [0.15, 0.2) is 12.3 Å². The van der Waals surface area contributed by atoms with E-state index in [0.717, 1.165) is 18.4 Å². The minimum atomic E-state index is -0.312. The Kier molecular flexibility index (Phi) is 3.14. The second-order valence-corrected chi connectivity index (χ2v) is 5.06. The van der Waals surface area contributed by atoms with Gasteiger partial charge in [-0.2, -0.15) is 0 Å². The number of nitrogens with one attached hydrogen (secondary N) is 2.